The van der Waals surface area contributed by atoms with E-state index in [1.807, 2.05) is 0 Å². The van der Waals surface area contributed by atoms with E-state index in [0.717, 1.165) is 16.4 Å². The quantitative estimate of drug-likeness (QED) is 0.569. The molecule has 1 atom stereocenters. The first-order chi connectivity index (χ1) is 12.3. The number of benzene rings is 1. The Morgan fingerprint density at radius 2 is 2.12 bits per heavy atom. The number of rotatable bonds is 3. The first-order valence-electron chi connectivity index (χ1n) is 6.99. The fourth-order valence-corrected chi connectivity index (χ4v) is 4.86. The van der Waals surface area contributed by atoms with Gasteiger partial charge in [-0.05, 0) is 23.4 Å². The zero-order chi connectivity index (χ0) is 18.6. The molecule has 0 aliphatic carbocycles. The number of nitro groups is 1. The van der Waals surface area contributed by atoms with Gasteiger partial charge in [-0.15, -0.1) is 10.2 Å². The fraction of sp³-hybridized carbons (Fsp3) is 0.231. The van der Waals surface area contributed by atoms with Gasteiger partial charge in [-0.3, -0.25) is 15.1 Å². The third-order valence-electron chi connectivity index (χ3n) is 3.71. The van der Waals surface area contributed by atoms with Crippen LogP contribution in [0, 0.1) is 10.1 Å². The van der Waals surface area contributed by atoms with Gasteiger partial charge in [0.15, 0.2) is 5.75 Å². The maximum atomic E-state index is 13.2. The number of fused-ring (bicyclic) bond motifs is 3. The second-order valence-electron chi connectivity index (χ2n) is 5.20. The van der Waals surface area contributed by atoms with Gasteiger partial charge in [-0.1, -0.05) is 17.8 Å². The average Bonchev–Trinajstić information content (AvgIpc) is 3.24. The Morgan fingerprint density at radius 3 is 2.77 bits per heavy atom. The molecule has 1 aromatic heterocycles. The van der Waals surface area contributed by atoms with Crippen LogP contribution in [0.25, 0.3) is 0 Å². The monoisotopic (exact) mass is 403 g/mol. The van der Waals surface area contributed by atoms with E-state index >= 15 is 0 Å². The number of ether oxygens (including phenoxy) is 1. The summed E-state index contributed by atoms with van der Waals surface area (Å²) in [5, 5.41) is 21.1. The van der Waals surface area contributed by atoms with E-state index in [4.69, 9.17) is 4.74 Å². The average molecular weight is 403 g/mol. The lowest BCUT2D eigenvalue weighted by Gasteiger charge is -2.26. The first-order valence-corrected chi connectivity index (χ1v) is 8.75. The molecule has 0 saturated carbocycles. The summed E-state index contributed by atoms with van der Waals surface area (Å²) in [5.74, 6) is -1.06. The largest absolute Gasteiger partial charge is 0.490 e. The fourth-order valence-electron chi connectivity index (χ4n) is 2.64. The Kier molecular flexibility index (Phi) is 3.80. The first kappa shape index (κ1) is 17.0. The predicted octanol–water partition coefficient (Wildman–Crippen LogP) is 3.50. The number of nitro benzene ring substituents is 1. The number of hydrogen-bond acceptors (Lipinski definition) is 8. The van der Waals surface area contributed by atoms with Crippen LogP contribution in [0.5, 0.6) is 5.75 Å². The Morgan fingerprint density at radius 1 is 1.35 bits per heavy atom. The van der Waals surface area contributed by atoms with Crippen LogP contribution in [0.4, 0.5) is 18.9 Å². The highest BCUT2D eigenvalue weighted by Crippen LogP contribution is 2.52. The summed E-state index contributed by atoms with van der Waals surface area (Å²) in [6.07, 6.45) is -4.68. The molecule has 136 valence electrons. The molecule has 2 aliphatic rings. The lowest BCUT2D eigenvalue weighted by atomic mass is 10.2. The lowest BCUT2D eigenvalue weighted by molar-refractivity contribution is -0.385. The van der Waals surface area contributed by atoms with Crippen LogP contribution in [0.15, 0.2) is 33.8 Å². The van der Waals surface area contributed by atoms with Crippen LogP contribution in [0.1, 0.15) is 16.8 Å². The van der Waals surface area contributed by atoms with Gasteiger partial charge in [0.1, 0.15) is 10.4 Å². The third kappa shape index (κ3) is 2.49. The van der Waals surface area contributed by atoms with Crippen molar-refractivity contribution in [2.45, 2.75) is 16.7 Å². The summed E-state index contributed by atoms with van der Waals surface area (Å²) < 4.78 is 45.6. The van der Waals surface area contributed by atoms with Gasteiger partial charge in [0.25, 0.3) is 5.82 Å². The highest BCUT2D eigenvalue weighted by Gasteiger charge is 2.47. The van der Waals surface area contributed by atoms with E-state index in [-0.39, 0.29) is 16.6 Å². The summed E-state index contributed by atoms with van der Waals surface area (Å²) in [6.45, 7) is 0. The normalized spacial score (nSPS) is 18.5. The number of nitrogens with zero attached hydrogens (tertiary/aromatic N) is 5. The Balaban J connectivity index is 1.78. The molecule has 1 unspecified atom stereocenters. The summed E-state index contributed by atoms with van der Waals surface area (Å²) in [4.78, 5) is 10.6. The van der Waals surface area contributed by atoms with E-state index in [0.29, 0.717) is 10.6 Å². The zero-order valence-electron chi connectivity index (χ0n) is 12.8. The molecule has 0 radical (unpaired) electrons. The molecule has 3 heterocycles. The molecule has 1 aromatic carbocycles. The van der Waals surface area contributed by atoms with Gasteiger partial charge in [-0.2, -0.15) is 13.2 Å². The molecule has 0 fully saturated rings. The second kappa shape index (κ2) is 5.81. The highest BCUT2D eigenvalue weighted by atomic mass is 32.2. The topological polar surface area (TPSA) is 86.3 Å². The van der Waals surface area contributed by atoms with Gasteiger partial charge in [0, 0.05) is 11.5 Å². The van der Waals surface area contributed by atoms with Gasteiger partial charge in [-0.25, -0.2) is 4.68 Å². The van der Waals surface area contributed by atoms with E-state index in [1.54, 1.807) is 11.5 Å². The van der Waals surface area contributed by atoms with Crippen molar-refractivity contribution >= 4 is 29.2 Å². The Labute approximate surface area is 152 Å². The highest BCUT2D eigenvalue weighted by molar-refractivity contribution is 8.07. The molecule has 26 heavy (non-hydrogen) atoms. The molecule has 0 spiro atoms. The molecule has 0 saturated heterocycles. The summed E-state index contributed by atoms with van der Waals surface area (Å²) in [5.41, 5.74) is 0.204. The summed E-state index contributed by atoms with van der Waals surface area (Å²) in [6, 6.07) is 4.31. The van der Waals surface area contributed by atoms with Crippen LogP contribution in [0.2, 0.25) is 0 Å². The van der Waals surface area contributed by atoms with E-state index in [2.05, 4.69) is 10.2 Å². The molecule has 4 rings (SSSR count). The van der Waals surface area contributed by atoms with Gasteiger partial charge in [0.2, 0.25) is 5.16 Å². The van der Waals surface area contributed by atoms with Crippen molar-refractivity contribution in [3.8, 4) is 5.75 Å². The van der Waals surface area contributed by atoms with Crippen molar-refractivity contribution < 1.29 is 22.8 Å². The number of hydrogen-bond donors (Lipinski definition) is 0. The van der Waals surface area contributed by atoms with Gasteiger partial charge >= 0.3 is 11.9 Å². The molecule has 0 amide bonds. The summed E-state index contributed by atoms with van der Waals surface area (Å²) in [7, 11) is 1.31. The molecule has 2 aliphatic heterocycles. The van der Waals surface area contributed by atoms with E-state index < -0.39 is 22.3 Å². The minimum absolute atomic E-state index is 0.0756. The molecule has 13 heteroatoms. The SMILES string of the molecule is COc1ccc(C2SC=C3Sc4nnc(C(F)(F)F)n4N32)cc1[N+](=O)[O-]. The molecule has 0 bridgehead atoms. The smallest absolute Gasteiger partial charge is 0.453 e. The van der Waals surface area contributed by atoms with Crippen molar-refractivity contribution in [3.63, 3.8) is 0 Å². The molecule has 2 aromatic rings. The lowest BCUT2D eigenvalue weighted by Crippen LogP contribution is -2.33. The van der Waals surface area contributed by atoms with Crippen molar-refractivity contribution in [1.82, 2.24) is 14.9 Å². The van der Waals surface area contributed by atoms with Crippen LogP contribution in [-0.4, -0.2) is 26.9 Å². The minimum atomic E-state index is -4.68. The van der Waals surface area contributed by atoms with Crippen molar-refractivity contribution in [1.29, 1.82) is 0 Å². The Hall–Kier alpha value is -2.41. The number of thioether (sulfide) groups is 2. The van der Waals surface area contributed by atoms with Crippen LogP contribution in [0.3, 0.4) is 0 Å². The van der Waals surface area contributed by atoms with Crippen LogP contribution in [-0.2, 0) is 6.18 Å². The second-order valence-corrected chi connectivity index (χ2v) is 7.14. The van der Waals surface area contributed by atoms with Gasteiger partial charge in [0.05, 0.1) is 12.0 Å². The van der Waals surface area contributed by atoms with E-state index in [9.17, 15) is 23.3 Å². The number of halogens is 3. The van der Waals surface area contributed by atoms with Crippen LogP contribution < -0.4 is 9.75 Å². The maximum absolute atomic E-state index is 13.2. The Bertz CT molecular complexity index is 946. The van der Waals surface area contributed by atoms with Crippen molar-refractivity contribution in [2.75, 3.05) is 12.1 Å². The molecular weight excluding hydrogens is 395 g/mol. The van der Waals surface area contributed by atoms with E-state index in [1.165, 1.54) is 36.0 Å². The van der Waals surface area contributed by atoms with Crippen LogP contribution >= 0.6 is 23.5 Å². The molecular formula is C13H8F3N5O3S2. The maximum Gasteiger partial charge on any atom is 0.453 e. The number of alkyl halides is 3. The summed E-state index contributed by atoms with van der Waals surface area (Å²) >= 11 is 2.30. The number of methoxy groups -OCH3 is 1. The zero-order valence-corrected chi connectivity index (χ0v) is 14.4. The third-order valence-corrected chi connectivity index (χ3v) is 5.90. The minimum Gasteiger partial charge on any atom is -0.490 e. The molecule has 8 nitrogen and oxygen atoms in total. The van der Waals surface area contributed by atoms with Gasteiger partial charge < -0.3 is 4.74 Å². The standard InChI is InChI=1S/C13H8F3N5O3S2/c1-24-8-3-2-6(4-7(8)21(22)23)10-19-9(5-25-10)26-12-18-17-11(20(12)19)13(14,15)16/h2-5,10H,1H3. The number of aromatic nitrogens is 3. The molecule has 0 N–H and O–H groups in total. The van der Waals surface area contributed by atoms with Crippen molar-refractivity contribution in [2.24, 2.45) is 0 Å². The van der Waals surface area contributed by atoms with Crippen molar-refractivity contribution in [3.05, 3.63) is 50.1 Å². The predicted molar refractivity (Wildman–Crippen MR) is 87.2 cm³/mol.